The molecule has 0 nitrogen and oxygen atoms in total. The molecule has 0 N–H and O–H groups in total. The maximum atomic E-state index is 13.0. The number of rotatable bonds is 7. The second-order valence-corrected chi connectivity index (χ2v) is 4.94. The Morgan fingerprint density at radius 1 is 0.440 bits per heavy atom. The zero-order valence-electron chi connectivity index (χ0n) is 11.0. The molecular weight excluding hydrogens is 425 g/mol. The van der Waals surface area contributed by atoms with E-state index < -0.39 is 53.9 Å². The van der Waals surface area contributed by atoms with Gasteiger partial charge in [-0.25, -0.2) is 0 Å². The molecule has 0 aromatic rings. The molecule has 0 aliphatic heterocycles. The zero-order chi connectivity index (χ0) is 20.9. The minimum atomic E-state index is -8.23. The van der Waals surface area contributed by atoms with Crippen LogP contribution >= 0.6 is 12.6 Å². The molecular formula is C9H4F15S. The summed E-state index contributed by atoms with van der Waals surface area (Å²) in [5.74, 6) is -47.5. The van der Waals surface area contributed by atoms with Gasteiger partial charge >= 0.3 is 41.7 Å². The van der Waals surface area contributed by atoms with E-state index in [2.05, 4.69) is 12.6 Å². The molecule has 25 heavy (non-hydrogen) atoms. The Kier molecular flexibility index (Phi) is 6.01. The Hall–Kier alpha value is -0.700. The van der Waals surface area contributed by atoms with Gasteiger partial charge in [-0.3, -0.25) is 0 Å². The summed E-state index contributed by atoms with van der Waals surface area (Å²) in [6.07, 6.45) is -10.0. The van der Waals surface area contributed by atoms with Gasteiger partial charge in [0.1, 0.15) is 0 Å². The standard InChI is InChI=1S/C9H4F15S/c10-3(11,1-2-25)4(12,13)5(14,15)6(16,17)7(18,19)8(20,21)9(22,23)24/h1-2H2. The quantitative estimate of drug-likeness (QED) is 0.439. The smallest absolute Gasteiger partial charge is 0.200 e. The van der Waals surface area contributed by atoms with Crippen LogP contribution in [0, 0.1) is 0 Å². The van der Waals surface area contributed by atoms with E-state index in [-0.39, 0.29) is 0 Å². The van der Waals surface area contributed by atoms with Crippen molar-refractivity contribution in [3.8, 4) is 0 Å². The lowest BCUT2D eigenvalue weighted by atomic mass is 9.90. The van der Waals surface area contributed by atoms with Crippen LogP contribution in [-0.4, -0.2) is 47.5 Å². The van der Waals surface area contributed by atoms with E-state index in [9.17, 15) is 65.9 Å². The fourth-order valence-electron chi connectivity index (χ4n) is 1.28. The number of hydrogen-bond donors (Lipinski definition) is 0. The summed E-state index contributed by atoms with van der Waals surface area (Å²) in [7, 11) is 0. The van der Waals surface area contributed by atoms with Gasteiger partial charge in [0.2, 0.25) is 0 Å². The molecule has 0 rings (SSSR count). The van der Waals surface area contributed by atoms with Crippen LogP contribution in [0.5, 0.6) is 0 Å². The van der Waals surface area contributed by atoms with Gasteiger partial charge in [-0.15, -0.1) is 0 Å². The average Bonchev–Trinajstić information content (AvgIpc) is 2.35. The van der Waals surface area contributed by atoms with Crippen LogP contribution in [0.15, 0.2) is 0 Å². The van der Waals surface area contributed by atoms with Crippen molar-refractivity contribution in [2.24, 2.45) is 0 Å². The van der Waals surface area contributed by atoms with Crippen molar-refractivity contribution in [1.82, 2.24) is 0 Å². The van der Waals surface area contributed by atoms with Crippen molar-refractivity contribution >= 4 is 12.6 Å². The minimum Gasteiger partial charge on any atom is -0.200 e. The molecule has 0 saturated heterocycles. The minimum absolute atomic E-state index is 1.49. The molecule has 0 aromatic heterocycles. The number of alkyl halides is 15. The number of hydrogen-bond acceptors (Lipinski definition) is 0. The molecule has 0 unspecified atom stereocenters. The average molecular weight is 429 g/mol. The van der Waals surface area contributed by atoms with Crippen LogP contribution < -0.4 is 0 Å². The van der Waals surface area contributed by atoms with Crippen LogP contribution in [0.4, 0.5) is 65.9 Å². The summed E-state index contributed by atoms with van der Waals surface area (Å²) >= 11 is 3.70. The van der Waals surface area contributed by atoms with Crippen molar-refractivity contribution in [1.29, 1.82) is 0 Å². The van der Waals surface area contributed by atoms with Gasteiger partial charge in [0.15, 0.2) is 0 Å². The van der Waals surface area contributed by atoms with Crippen molar-refractivity contribution < 1.29 is 65.9 Å². The van der Waals surface area contributed by atoms with E-state index in [0.29, 0.717) is 0 Å². The molecule has 0 atom stereocenters. The van der Waals surface area contributed by atoms with Crippen molar-refractivity contribution in [2.75, 3.05) is 5.75 Å². The summed E-state index contributed by atoms with van der Waals surface area (Å²) in [5, 5.41) is 0. The fraction of sp³-hybridized carbons (Fsp3) is 1.00. The van der Waals surface area contributed by atoms with E-state index in [4.69, 9.17) is 0 Å². The first kappa shape index (κ1) is 24.3. The number of halogens is 15. The van der Waals surface area contributed by atoms with Gasteiger partial charge in [-0.05, 0) is 0 Å². The summed E-state index contributed by atoms with van der Waals surface area (Å²) in [6.45, 7) is 0. The first-order valence-corrected chi connectivity index (χ1v) is 6.05. The molecule has 0 heterocycles. The highest BCUT2D eigenvalue weighted by Gasteiger charge is 2.93. The van der Waals surface area contributed by atoms with E-state index >= 15 is 0 Å². The Balaban J connectivity index is 6.40. The predicted octanol–water partition coefficient (Wildman–Crippen LogP) is 5.95. The maximum Gasteiger partial charge on any atom is 0.460 e. The van der Waals surface area contributed by atoms with Gasteiger partial charge in [-0.1, -0.05) is 12.6 Å². The van der Waals surface area contributed by atoms with Gasteiger partial charge in [0, 0.05) is 12.2 Å². The summed E-state index contributed by atoms with van der Waals surface area (Å²) < 4.78 is 189. The van der Waals surface area contributed by atoms with Crippen LogP contribution in [0.2, 0.25) is 0 Å². The SMILES string of the molecule is FC(F)(F)C(F)(F)C(F)(F)C(F)(F)C(F)(F)C(F)(F)C(F)(F)CC[S]. The molecule has 0 aliphatic carbocycles. The zero-order valence-corrected chi connectivity index (χ0v) is 11.8. The molecule has 0 amide bonds. The second kappa shape index (κ2) is 6.18. The normalized spacial score (nSPS) is 16.3. The van der Waals surface area contributed by atoms with E-state index in [1.54, 1.807) is 0 Å². The molecule has 1 radical (unpaired) electrons. The Labute approximate surface area is 133 Å². The van der Waals surface area contributed by atoms with Gasteiger partial charge in [0.25, 0.3) is 0 Å². The first-order valence-electron chi connectivity index (χ1n) is 5.48. The lowest BCUT2D eigenvalue weighted by Crippen LogP contribution is -2.72. The molecule has 0 bridgehead atoms. The van der Waals surface area contributed by atoms with Crippen LogP contribution in [0.1, 0.15) is 6.42 Å². The molecule has 151 valence electrons. The molecule has 16 heteroatoms. The van der Waals surface area contributed by atoms with E-state index in [1.165, 1.54) is 0 Å². The first-order chi connectivity index (χ1) is 10.6. The van der Waals surface area contributed by atoms with Crippen LogP contribution in [0.3, 0.4) is 0 Å². The molecule has 0 aromatic carbocycles. The fourth-order valence-corrected chi connectivity index (χ4v) is 1.54. The lowest BCUT2D eigenvalue weighted by molar-refractivity contribution is -0.452. The Morgan fingerprint density at radius 3 is 1.00 bits per heavy atom. The second-order valence-electron chi connectivity index (χ2n) is 4.53. The summed E-state index contributed by atoms with van der Waals surface area (Å²) in [4.78, 5) is 0. The third-order valence-electron chi connectivity index (χ3n) is 2.81. The Bertz CT molecular complexity index is 476. The third kappa shape index (κ3) is 3.22. The lowest BCUT2D eigenvalue weighted by Gasteiger charge is -2.41. The highest BCUT2D eigenvalue weighted by molar-refractivity contribution is 7.80. The summed E-state index contributed by atoms with van der Waals surface area (Å²) in [5.41, 5.74) is 0. The highest BCUT2D eigenvalue weighted by Crippen LogP contribution is 2.62. The topological polar surface area (TPSA) is 0 Å². The van der Waals surface area contributed by atoms with Gasteiger partial charge in [0.05, 0.1) is 0 Å². The molecule has 0 fully saturated rings. The van der Waals surface area contributed by atoms with Crippen molar-refractivity contribution in [3.05, 3.63) is 0 Å². The van der Waals surface area contributed by atoms with Crippen LogP contribution in [-0.2, 0) is 0 Å². The van der Waals surface area contributed by atoms with Crippen molar-refractivity contribution in [3.63, 3.8) is 0 Å². The molecule has 0 saturated carbocycles. The van der Waals surface area contributed by atoms with E-state index in [1.807, 2.05) is 0 Å². The maximum absolute atomic E-state index is 13.0. The Morgan fingerprint density at radius 2 is 0.720 bits per heavy atom. The molecule has 0 spiro atoms. The summed E-state index contributed by atoms with van der Waals surface area (Å²) in [6, 6.07) is 0. The monoisotopic (exact) mass is 429 g/mol. The van der Waals surface area contributed by atoms with Crippen LogP contribution in [0.25, 0.3) is 0 Å². The largest absolute Gasteiger partial charge is 0.460 e. The van der Waals surface area contributed by atoms with Gasteiger partial charge < -0.3 is 0 Å². The highest BCUT2D eigenvalue weighted by atomic mass is 32.1. The third-order valence-corrected chi connectivity index (χ3v) is 3.01. The van der Waals surface area contributed by atoms with E-state index in [0.717, 1.165) is 0 Å². The van der Waals surface area contributed by atoms with Gasteiger partial charge in [-0.2, -0.15) is 65.9 Å². The van der Waals surface area contributed by atoms with Crippen molar-refractivity contribution in [2.45, 2.75) is 48.1 Å². The molecule has 0 aliphatic rings. The predicted molar refractivity (Wildman–Crippen MR) is 52.8 cm³/mol.